The monoisotopic (exact) mass is 275 g/mol. The van der Waals surface area contributed by atoms with Gasteiger partial charge in [-0.1, -0.05) is 6.92 Å². The van der Waals surface area contributed by atoms with Gasteiger partial charge in [0.25, 0.3) is 0 Å². The highest BCUT2D eigenvalue weighted by atomic mass is 32.2. The van der Waals surface area contributed by atoms with E-state index in [0.717, 1.165) is 51.7 Å². The summed E-state index contributed by atoms with van der Waals surface area (Å²) in [5.41, 5.74) is 0. The summed E-state index contributed by atoms with van der Waals surface area (Å²) < 4.78 is 23.3. The Morgan fingerprint density at radius 3 is 2.28 bits per heavy atom. The molecule has 106 valence electrons. The third-order valence-electron chi connectivity index (χ3n) is 3.92. The van der Waals surface area contributed by atoms with Gasteiger partial charge in [-0.25, -0.2) is 8.42 Å². The van der Waals surface area contributed by atoms with E-state index < -0.39 is 9.84 Å². The minimum Gasteiger partial charge on any atom is -0.314 e. The van der Waals surface area contributed by atoms with Crippen molar-refractivity contribution in [2.45, 2.75) is 19.4 Å². The van der Waals surface area contributed by atoms with E-state index in [-0.39, 0.29) is 0 Å². The number of sulfone groups is 1. The second-order valence-corrected chi connectivity index (χ2v) is 7.65. The van der Waals surface area contributed by atoms with Crippen LogP contribution in [0.2, 0.25) is 0 Å². The minimum atomic E-state index is -2.82. The number of rotatable bonds is 6. The molecule has 0 bridgehead atoms. The lowest BCUT2D eigenvalue weighted by atomic mass is 10.1. The van der Waals surface area contributed by atoms with Crippen molar-refractivity contribution in [3.63, 3.8) is 0 Å². The Labute approximate surface area is 110 Å². The first-order valence-corrected chi connectivity index (χ1v) is 8.80. The summed E-state index contributed by atoms with van der Waals surface area (Å²) in [6, 6.07) is 0.718. The smallest absolute Gasteiger partial charge is 0.151 e. The molecular weight excluding hydrogens is 250 g/mol. The number of nitrogens with one attached hydrogen (secondary N) is 1. The van der Waals surface area contributed by atoms with Crippen molar-refractivity contribution in [1.82, 2.24) is 15.1 Å². The van der Waals surface area contributed by atoms with Crippen LogP contribution in [0.15, 0.2) is 0 Å². The van der Waals surface area contributed by atoms with Gasteiger partial charge in [-0.2, -0.15) is 0 Å². The van der Waals surface area contributed by atoms with Crippen molar-refractivity contribution in [1.29, 1.82) is 0 Å². The van der Waals surface area contributed by atoms with Crippen molar-refractivity contribution in [3.8, 4) is 0 Å². The lowest BCUT2D eigenvalue weighted by Crippen LogP contribution is -2.61. The van der Waals surface area contributed by atoms with Gasteiger partial charge in [-0.15, -0.1) is 0 Å². The van der Waals surface area contributed by atoms with Crippen molar-refractivity contribution in [3.05, 3.63) is 0 Å². The lowest BCUT2D eigenvalue weighted by molar-refractivity contribution is 0.0757. The molecule has 0 radical (unpaired) electrons. The van der Waals surface area contributed by atoms with Crippen LogP contribution in [0.3, 0.4) is 0 Å². The van der Waals surface area contributed by atoms with E-state index in [1.54, 1.807) is 0 Å². The molecule has 0 unspecified atom stereocenters. The zero-order valence-electron chi connectivity index (χ0n) is 11.3. The summed E-state index contributed by atoms with van der Waals surface area (Å²) in [7, 11) is -2.82. The molecule has 0 amide bonds. The molecule has 2 heterocycles. The minimum absolute atomic E-state index is 0.325. The summed E-state index contributed by atoms with van der Waals surface area (Å²) in [5, 5.41) is 3.29. The van der Waals surface area contributed by atoms with Crippen LogP contribution in [-0.2, 0) is 9.84 Å². The van der Waals surface area contributed by atoms with Gasteiger partial charge in [0.15, 0.2) is 9.84 Å². The Morgan fingerprint density at radius 2 is 1.78 bits per heavy atom. The maximum absolute atomic E-state index is 11.7. The zero-order chi connectivity index (χ0) is 13.0. The second kappa shape index (κ2) is 6.32. The van der Waals surface area contributed by atoms with Crippen molar-refractivity contribution in [2.24, 2.45) is 0 Å². The van der Waals surface area contributed by atoms with Gasteiger partial charge in [-0.3, -0.25) is 9.80 Å². The molecule has 1 N–H and O–H groups in total. The predicted molar refractivity (Wildman–Crippen MR) is 73.6 cm³/mol. The molecule has 2 rings (SSSR count). The topological polar surface area (TPSA) is 52.7 Å². The van der Waals surface area contributed by atoms with E-state index in [2.05, 4.69) is 15.1 Å². The van der Waals surface area contributed by atoms with Gasteiger partial charge in [0.1, 0.15) is 0 Å². The summed E-state index contributed by atoms with van der Waals surface area (Å²) >= 11 is 0. The highest BCUT2D eigenvalue weighted by molar-refractivity contribution is 7.91. The summed E-state index contributed by atoms with van der Waals surface area (Å²) in [5.74, 6) is 0.659. The van der Waals surface area contributed by atoms with Gasteiger partial charge in [0.2, 0.25) is 0 Å². The number of hydrogen-bond acceptors (Lipinski definition) is 5. The quantitative estimate of drug-likeness (QED) is 0.701. The first kappa shape index (κ1) is 14.2. The molecule has 0 aromatic carbocycles. The average molecular weight is 275 g/mol. The van der Waals surface area contributed by atoms with E-state index in [1.807, 2.05) is 6.92 Å². The van der Waals surface area contributed by atoms with Crippen LogP contribution in [0, 0.1) is 0 Å². The van der Waals surface area contributed by atoms with E-state index in [9.17, 15) is 8.42 Å². The molecule has 5 nitrogen and oxygen atoms in total. The molecule has 0 atom stereocenters. The molecule has 0 spiro atoms. The summed E-state index contributed by atoms with van der Waals surface area (Å²) in [4.78, 5) is 4.81. The van der Waals surface area contributed by atoms with Gasteiger partial charge in [0.05, 0.1) is 5.75 Å². The van der Waals surface area contributed by atoms with Crippen LogP contribution >= 0.6 is 0 Å². The molecule has 0 aromatic heterocycles. The Hall–Kier alpha value is -0.170. The van der Waals surface area contributed by atoms with Crippen molar-refractivity contribution in [2.75, 3.05) is 57.3 Å². The fourth-order valence-corrected chi connectivity index (χ4v) is 3.93. The zero-order valence-corrected chi connectivity index (χ0v) is 12.1. The fourth-order valence-electron chi connectivity index (χ4n) is 2.56. The third kappa shape index (κ3) is 3.91. The molecule has 0 aliphatic carbocycles. The van der Waals surface area contributed by atoms with Gasteiger partial charge in [-0.05, 0) is 6.42 Å². The van der Waals surface area contributed by atoms with Crippen molar-refractivity contribution < 1.29 is 8.42 Å². The molecule has 2 saturated heterocycles. The van der Waals surface area contributed by atoms with E-state index in [4.69, 9.17) is 0 Å². The van der Waals surface area contributed by atoms with Crippen LogP contribution in [0.4, 0.5) is 0 Å². The number of hydrogen-bond donors (Lipinski definition) is 1. The highest BCUT2D eigenvalue weighted by Crippen LogP contribution is 2.09. The van der Waals surface area contributed by atoms with Crippen LogP contribution in [0.25, 0.3) is 0 Å². The Kier molecular flexibility index (Phi) is 5.00. The van der Waals surface area contributed by atoms with E-state index in [0.29, 0.717) is 18.1 Å². The maximum Gasteiger partial charge on any atom is 0.151 e. The molecule has 18 heavy (non-hydrogen) atoms. The van der Waals surface area contributed by atoms with E-state index >= 15 is 0 Å². The molecule has 2 aliphatic heterocycles. The molecule has 6 heteroatoms. The average Bonchev–Trinajstić information content (AvgIpc) is 2.26. The van der Waals surface area contributed by atoms with Gasteiger partial charge < -0.3 is 5.32 Å². The summed E-state index contributed by atoms with van der Waals surface area (Å²) in [6.07, 6.45) is 0.727. The Morgan fingerprint density at radius 1 is 1.11 bits per heavy atom. The van der Waals surface area contributed by atoms with Crippen LogP contribution in [0.1, 0.15) is 13.3 Å². The first-order chi connectivity index (χ1) is 8.61. The molecular formula is C12H25N3O2S. The molecule has 2 aliphatic rings. The Balaban J connectivity index is 1.67. The van der Waals surface area contributed by atoms with Gasteiger partial charge >= 0.3 is 0 Å². The largest absolute Gasteiger partial charge is 0.314 e. The fraction of sp³-hybridized carbons (Fsp3) is 1.00. The Bertz CT molecular complexity index is 346. The molecule has 0 saturated carbocycles. The second-order valence-electron chi connectivity index (χ2n) is 5.34. The lowest BCUT2D eigenvalue weighted by Gasteiger charge is -2.43. The SMILES string of the molecule is CCCS(=O)(=O)CCN1CCN(C2CNC2)CC1. The van der Waals surface area contributed by atoms with Crippen LogP contribution in [0.5, 0.6) is 0 Å². The van der Waals surface area contributed by atoms with Crippen molar-refractivity contribution >= 4 is 9.84 Å². The normalized spacial score (nSPS) is 24.1. The first-order valence-electron chi connectivity index (χ1n) is 6.98. The maximum atomic E-state index is 11.7. The predicted octanol–water partition coefficient (Wildman–Crippen LogP) is -0.599. The molecule has 0 aromatic rings. The highest BCUT2D eigenvalue weighted by Gasteiger charge is 2.27. The van der Waals surface area contributed by atoms with Crippen LogP contribution in [-0.4, -0.2) is 81.6 Å². The van der Waals surface area contributed by atoms with Crippen LogP contribution < -0.4 is 5.32 Å². The number of piperazine rings is 1. The summed E-state index contributed by atoms with van der Waals surface area (Å²) in [6.45, 7) is 9.05. The number of nitrogens with zero attached hydrogens (tertiary/aromatic N) is 2. The molecule has 2 fully saturated rings. The third-order valence-corrected chi connectivity index (χ3v) is 5.75. The standard InChI is InChI=1S/C12H25N3O2S/c1-2-8-18(16,17)9-7-14-3-5-15(6-4-14)12-10-13-11-12/h12-13H,2-11H2,1H3. The van der Waals surface area contributed by atoms with E-state index in [1.165, 1.54) is 0 Å². The van der Waals surface area contributed by atoms with Gasteiger partial charge in [0, 0.05) is 57.6 Å².